The topological polar surface area (TPSA) is 86.7 Å². The predicted molar refractivity (Wildman–Crippen MR) is 86.0 cm³/mol. The molecule has 1 fully saturated rings. The monoisotopic (exact) mass is 318 g/mol. The number of carbonyl (C=O) groups excluding carboxylic acids is 2. The number of anilines is 1. The lowest BCUT2D eigenvalue weighted by atomic mass is 10.0. The maximum atomic E-state index is 12.3. The number of aryl methyl sites for hydroxylation is 1. The highest BCUT2D eigenvalue weighted by Crippen LogP contribution is 2.25. The van der Waals surface area contributed by atoms with Crippen LogP contribution >= 0.6 is 0 Å². The number of rotatable bonds is 5. The third-order valence-electron chi connectivity index (χ3n) is 4.07. The Balaban J connectivity index is 2.05. The number of nitrogens with zero attached hydrogens (tertiary/aromatic N) is 1. The van der Waals surface area contributed by atoms with Crippen molar-refractivity contribution in [1.82, 2.24) is 5.32 Å². The van der Waals surface area contributed by atoms with Gasteiger partial charge in [-0.25, -0.2) is 4.79 Å². The van der Waals surface area contributed by atoms with Gasteiger partial charge in [0.05, 0.1) is 5.92 Å². The molecule has 0 aliphatic carbocycles. The van der Waals surface area contributed by atoms with Crippen LogP contribution in [0.2, 0.25) is 0 Å². The fourth-order valence-corrected chi connectivity index (χ4v) is 2.64. The van der Waals surface area contributed by atoms with Gasteiger partial charge in [-0.1, -0.05) is 31.5 Å². The Kier molecular flexibility index (Phi) is 5.03. The summed E-state index contributed by atoms with van der Waals surface area (Å²) in [5.74, 6) is -2.31. The van der Waals surface area contributed by atoms with Crippen molar-refractivity contribution < 1.29 is 19.5 Å². The zero-order valence-electron chi connectivity index (χ0n) is 13.6. The number of carboxylic acid groups (broad SMARTS) is 1. The predicted octanol–water partition coefficient (Wildman–Crippen LogP) is 1.57. The Labute approximate surface area is 135 Å². The van der Waals surface area contributed by atoms with E-state index in [1.54, 1.807) is 18.7 Å². The molecule has 1 saturated heterocycles. The summed E-state index contributed by atoms with van der Waals surface area (Å²) < 4.78 is 0. The minimum atomic E-state index is -1.06. The zero-order valence-corrected chi connectivity index (χ0v) is 13.6. The molecule has 0 radical (unpaired) electrons. The number of carbonyl (C=O) groups is 3. The van der Waals surface area contributed by atoms with Crippen LogP contribution in [0.1, 0.15) is 25.8 Å². The molecule has 2 atom stereocenters. The molecule has 1 heterocycles. The first-order valence-corrected chi connectivity index (χ1v) is 7.69. The van der Waals surface area contributed by atoms with Crippen molar-refractivity contribution in [1.29, 1.82) is 0 Å². The number of hydrogen-bond acceptors (Lipinski definition) is 3. The molecule has 0 bridgehead atoms. The summed E-state index contributed by atoms with van der Waals surface area (Å²) in [6.07, 6.45) is 0.101. The number of amides is 2. The van der Waals surface area contributed by atoms with E-state index in [1.165, 1.54) is 0 Å². The van der Waals surface area contributed by atoms with Crippen LogP contribution in [0.15, 0.2) is 24.3 Å². The van der Waals surface area contributed by atoms with Crippen molar-refractivity contribution in [3.8, 4) is 0 Å². The summed E-state index contributed by atoms with van der Waals surface area (Å²) in [7, 11) is 0. The molecule has 2 N–H and O–H groups in total. The molecule has 124 valence electrons. The Morgan fingerprint density at radius 3 is 2.39 bits per heavy atom. The van der Waals surface area contributed by atoms with Crippen LogP contribution in [0, 0.1) is 18.8 Å². The number of nitrogens with one attached hydrogen (secondary N) is 1. The van der Waals surface area contributed by atoms with Crippen LogP contribution in [0.3, 0.4) is 0 Å². The second-order valence-corrected chi connectivity index (χ2v) is 6.31. The van der Waals surface area contributed by atoms with Gasteiger partial charge < -0.3 is 15.3 Å². The Hall–Kier alpha value is -2.37. The largest absolute Gasteiger partial charge is 0.480 e. The summed E-state index contributed by atoms with van der Waals surface area (Å²) in [4.78, 5) is 37.2. The summed E-state index contributed by atoms with van der Waals surface area (Å²) in [6.45, 7) is 5.71. The molecule has 1 unspecified atom stereocenters. The van der Waals surface area contributed by atoms with Gasteiger partial charge in [0.25, 0.3) is 0 Å². The van der Waals surface area contributed by atoms with E-state index in [0.717, 1.165) is 11.3 Å². The van der Waals surface area contributed by atoms with E-state index in [2.05, 4.69) is 5.32 Å². The lowest BCUT2D eigenvalue weighted by Gasteiger charge is -2.20. The van der Waals surface area contributed by atoms with Gasteiger partial charge in [0.2, 0.25) is 11.8 Å². The van der Waals surface area contributed by atoms with E-state index >= 15 is 0 Å². The van der Waals surface area contributed by atoms with Gasteiger partial charge >= 0.3 is 5.97 Å². The Morgan fingerprint density at radius 1 is 1.26 bits per heavy atom. The molecule has 0 spiro atoms. The van der Waals surface area contributed by atoms with Crippen molar-refractivity contribution in [2.45, 2.75) is 33.2 Å². The average molecular weight is 318 g/mol. The molecule has 6 nitrogen and oxygen atoms in total. The SMILES string of the molecule is Cc1ccc(N2CC(C(=O)N[C@@H](C(=O)O)C(C)C)CC2=O)cc1. The molecule has 1 aromatic carbocycles. The van der Waals surface area contributed by atoms with Gasteiger partial charge in [0, 0.05) is 18.7 Å². The van der Waals surface area contributed by atoms with Crippen molar-refractivity contribution in [2.75, 3.05) is 11.4 Å². The quantitative estimate of drug-likeness (QED) is 0.863. The molecule has 0 saturated carbocycles. The molecule has 1 aliphatic rings. The van der Waals surface area contributed by atoms with Gasteiger partial charge in [0.1, 0.15) is 6.04 Å². The van der Waals surface area contributed by atoms with Crippen molar-refractivity contribution in [3.63, 3.8) is 0 Å². The van der Waals surface area contributed by atoms with Crippen molar-refractivity contribution >= 4 is 23.5 Å². The van der Waals surface area contributed by atoms with Crippen LogP contribution < -0.4 is 10.2 Å². The second kappa shape index (κ2) is 6.81. The minimum absolute atomic E-state index is 0.101. The highest BCUT2D eigenvalue weighted by atomic mass is 16.4. The molecule has 2 rings (SSSR count). The van der Waals surface area contributed by atoms with E-state index in [4.69, 9.17) is 5.11 Å². The van der Waals surface area contributed by atoms with E-state index in [0.29, 0.717) is 0 Å². The minimum Gasteiger partial charge on any atom is -0.480 e. The Bertz CT molecular complexity index is 610. The molecule has 1 aromatic rings. The average Bonchev–Trinajstić information content (AvgIpc) is 2.86. The third kappa shape index (κ3) is 3.88. The lowest BCUT2D eigenvalue weighted by Crippen LogP contribution is -2.47. The number of carboxylic acids is 1. The normalized spacial score (nSPS) is 19.0. The smallest absolute Gasteiger partial charge is 0.326 e. The number of aliphatic carboxylic acids is 1. The number of benzene rings is 1. The summed E-state index contributed by atoms with van der Waals surface area (Å²) in [5, 5.41) is 11.7. The maximum absolute atomic E-state index is 12.3. The van der Waals surface area contributed by atoms with Crippen LogP contribution in [-0.2, 0) is 14.4 Å². The molecule has 1 aliphatic heterocycles. The summed E-state index contributed by atoms with van der Waals surface area (Å²) in [5.41, 5.74) is 1.85. The van der Waals surface area contributed by atoms with Gasteiger partial charge in [-0.3, -0.25) is 9.59 Å². The first kappa shape index (κ1) is 17.0. The maximum Gasteiger partial charge on any atom is 0.326 e. The van der Waals surface area contributed by atoms with Gasteiger partial charge in [-0.15, -0.1) is 0 Å². The molecule has 6 heteroatoms. The van der Waals surface area contributed by atoms with Crippen LogP contribution in [-0.4, -0.2) is 35.5 Å². The molecule has 0 aromatic heterocycles. The molecular formula is C17H22N2O4. The van der Waals surface area contributed by atoms with Gasteiger partial charge in [-0.2, -0.15) is 0 Å². The van der Waals surface area contributed by atoms with E-state index in [-0.39, 0.29) is 30.7 Å². The van der Waals surface area contributed by atoms with E-state index in [9.17, 15) is 14.4 Å². The highest BCUT2D eigenvalue weighted by Gasteiger charge is 2.37. The van der Waals surface area contributed by atoms with E-state index in [1.807, 2.05) is 31.2 Å². The number of hydrogen-bond donors (Lipinski definition) is 2. The van der Waals surface area contributed by atoms with Crippen LogP contribution in [0.5, 0.6) is 0 Å². The second-order valence-electron chi connectivity index (χ2n) is 6.31. The van der Waals surface area contributed by atoms with Crippen LogP contribution in [0.4, 0.5) is 5.69 Å². The van der Waals surface area contributed by atoms with Crippen molar-refractivity contribution in [2.24, 2.45) is 11.8 Å². The first-order chi connectivity index (χ1) is 10.8. The standard InChI is InChI=1S/C17H22N2O4/c1-10(2)15(17(22)23)18-16(21)12-8-14(20)19(9-12)13-6-4-11(3)5-7-13/h4-7,10,12,15H,8-9H2,1-3H3,(H,18,21)(H,22,23)/t12?,15-/m1/s1. The summed E-state index contributed by atoms with van der Waals surface area (Å²) in [6, 6.07) is 6.58. The summed E-state index contributed by atoms with van der Waals surface area (Å²) >= 11 is 0. The zero-order chi connectivity index (χ0) is 17.1. The Morgan fingerprint density at radius 2 is 1.87 bits per heavy atom. The third-order valence-corrected chi connectivity index (χ3v) is 4.07. The van der Waals surface area contributed by atoms with E-state index < -0.39 is 17.9 Å². The molecule has 2 amide bonds. The molecule has 23 heavy (non-hydrogen) atoms. The fourth-order valence-electron chi connectivity index (χ4n) is 2.64. The van der Waals surface area contributed by atoms with Crippen LogP contribution in [0.25, 0.3) is 0 Å². The van der Waals surface area contributed by atoms with Gasteiger partial charge in [0.15, 0.2) is 0 Å². The highest BCUT2D eigenvalue weighted by molar-refractivity contribution is 6.00. The lowest BCUT2D eigenvalue weighted by molar-refractivity contribution is -0.143. The fraction of sp³-hybridized carbons (Fsp3) is 0.471. The van der Waals surface area contributed by atoms with Gasteiger partial charge in [-0.05, 0) is 25.0 Å². The first-order valence-electron chi connectivity index (χ1n) is 7.69. The van der Waals surface area contributed by atoms with Crippen molar-refractivity contribution in [3.05, 3.63) is 29.8 Å². The molecular weight excluding hydrogens is 296 g/mol.